The molecular weight excluding hydrogens is 444 g/mol. The Morgan fingerprint density at radius 2 is 1.67 bits per heavy atom. The molecular formula is C23H28N4O5S. The first-order chi connectivity index (χ1) is 16.0. The van der Waals surface area contributed by atoms with Gasteiger partial charge in [-0.05, 0) is 74.7 Å². The Balaban J connectivity index is 1.29. The molecule has 3 aromatic rings. The molecule has 0 fully saturated rings. The molecule has 0 unspecified atom stereocenters. The predicted octanol–water partition coefficient (Wildman–Crippen LogP) is 2.94. The van der Waals surface area contributed by atoms with Crippen LogP contribution >= 0.6 is 0 Å². The summed E-state index contributed by atoms with van der Waals surface area (Å²) in [5, 5.41) is 4.37. The second-order valence-electron chi connectivity index (χ2n) is 7.76. The summed E-state index contributed by atoms with van der Waals surface area (Å²) in [5.41, 5.74) is -0.115. The Kier molecular flexibility index (Phi) is 7.14. The lowest BCUT2D eigenvalue weighted by atomic mass is 10.2. The minimum atomic E-state index is -3.66. The van der Waals surface area contributed by atoms with Crippen molar-refractivity contribution in [2.24, 2.45) is 0 Å². The fraction of sp³-hybridized carbons (Fsp3) is 0.391. The molecule has 9 nitrogen and oxygen atoms in total. The van der Waals surface area contributed by atoms with Crippen LogP contribution in [0.1, 0.15) is 32.0 Å². The molecule has 4 rings (SSSR count). The SMILES string of the molecule is CCOc1ccc(Oc2ccc(S(=O)(=O)NCCCn3nc4n(c3=O)CCCC4)cc2)cc1. The third-order valence-corrected chi connectivity index (χ3v) is 6.85. The van der Waals surface area contributed by atoms with E-state index in [1.807, 2.05) is 19.1 Å². The molecule has 10 heteroatoms. The molecule has 0 amide bonds. The average molecular weight is 473 g/mol. The minimum absolute atomic E-state index is 0.115. The van der Waals surface area contributed by atoms with Crippen LogP contribution in [0.2, 0.25) is 0 Å². The lowest BCUT2D eigenvalue weighted by Gasteiger charge is -2.09. The van der Waals surface area contributed by atoms with E-state index in [0.29, 0.717) is 37.6 Å². The first-order valence-corrected chi connectivity index (χ1v) is 12.6. The Morgan fingerprint density at radius 1 is 1.00 bits per heavy atom. The van der Waals surface area contributed by atoms with E-state index in [1.165, 1.54) is 16.8 Å². The molecule has 0 radical (unpaired) electrons. The summed E-state index contributed by atoms with van der Waals surface area (Å²) in [6.45, 7) is 3.80. The monoisotopic (exact) mass is 472 g/mol. The van der Waals surface area contributed by atoms with Crippen molar-refractivity contribution in [3.05, 3.63) is 64.8 Å². The van der Waals surface area contributed by atoms with E-state index in [-0.39, 0.29) is 17.1 Å². The molecule has 0 saturated heterocycles. The van der Waals surface area contributed by atoms with Gasteiger partial charge in [-0.1, -0.05) is 0 Å². The van der Waals surface area contributed by atoms with Gasteiger partial charge in [-0.25, -0.2) is 22.6 Å². The van der Waals surface area contributed by atoms with Crippen LogP contribution in [0, 0.1) is 0 Å². The van der Waals surface area contributed by atoms with Gasteiger partial charge in [0, 0.05) is 26.1 Å². The Labute approximate surface area is 193 Å². The van der Waals surface area contributed by atoms with Crippen LogP contribution in [0.15, 0.2) is 58.2 Å². The van der Waals surface area contributed by atoms with E-state index in [1.54, 1.807) is 28.8 Å². The van der Waals surface area contributed by atoms with E-state index < -0.39 is 10.0 Å². The number of hydrogen-bond donors (Lipinski definition) is 1. The molecule has 0 aliphatic carbocycles. The molecule has 1 aromatic heterocycles. The van der Waals surface area contributed by atoms with E-state index in [2.05, 4.69) is 9.82 Å². The number of aryl methyl sites for hydroxylation is 2. The Bertz CT molecular complexity index is 1230. The van der Waals surface area contributed by atoms with Gasteiger partial charge in [-0.15, -0.1) is 0 Å². The first-order valence-electron chi connectivity index (χ1n) is 11.1. The van der Waals surface area contributed by atoms with Gasteiger partial charge in [-0.2, -0.15) is 5.10 Å². The summed E-state index contributed by atoms with van der Waals surface area (Å²) in [6, 6.07) is 13.4. The number of ether oxygens (including phenoxy) is 2. The van der Waals surface area contributed by atoms with Crippen LogP contribution in [0.5, 0.6) is 17.2 Å². The number of nitrogens with zero attached hydrogens (tertiary/aromatic N) is 3. The maximum Gasteiger partial charge on any atom is 0.345 e. The predicted molar refractivity (Wildman–Crippen MR) is 123 cm³/mol. The first kappa shape index (κ1) is 23.1. The summed E-state index contributed by atoms with van der Waals surface area (Å²) in [7, 11) is -3.66. The third-order valence-electron chi connectivity index (χ3n) is 5.37. The van der Waals surface area contributed by atoms with Gasteiger partial charge in [0.1, 0.15) is 23.1 Å². The van der Waals surface area contributed by atoms with Crippen molar-refractivity contribution >= 4 is 10.0 Å². The molecule has 0 atom stereocenters. The van der Waals surface area contributed by atoms with Crippen molar-refractivity contribution in [2.75, 3.05) is 13.2 Å². The van der Waals surface area contributed by atoms with Crippen LogP contribution in [-0.4, -0.2) is 35.9 Å². The molecule has 176 valence electrons. The van der Waals surface area contributed by atoms with Crippen LogP contribution < -0.4 is 19.9 Å². The maximum absolute atomic E-state index is 12.6. The smallest absolute Gasteiger partial charge is 0.345 e. The van der Waals surface area contributed by atoms with Gasteiger partial charge in [-0.3, -0.25) is 4.57 Å². The summed E-state index contributed by atoms with van der Waals surface area (Å²) in [4.78, 5) is 12.5. The third kappa shape index (κ3) is 5.63. The second kappa shape index (κ2) is 10.2. The molecule has 0 spiro atoms. The highest BCUT2D eigenvalue weighted by Crippen LogP contribution is 2.25. The molecule has 1 aliphatic rings. The van der Waals surface area contributed by atoms with Crippen molar-refractivity contribution in [1.29, 1.82) is 0 Å². The maximum atomic E-state index is 12.6. The van der Waals surface area contributed by atoms with E-state index >= 15 is 0 Å². The fourth-order valence-corrected chi connectivity index (χ4v) is 4.78. The topological polar surface area (TPSA) is 104 Å². The quantitative estimate of drug-likeness (QED) is 0.455. The number of nitrogens with one attached hydrogen (secondary N) is 1. The summed E-state index contributed by atoms with van der Waals surface area (Å²) >= 11 is 0. The zero-order chi connectivity index (χ0) is 23.3. The van der Waals surface area contributed by atoms with Crippen molar-refractivity contribution in [2.45, 2.75) is 50.6 Å². The summed E-state index contributed by atoms with van der Waals surface area (Å²) in [6.07, 6.45) is 3.31. The molecule has 1 aliphatic heterocycles. The van der Waals surface area contributed by atoms with Crippen molar-refractivity contribution < 1.29 is 17.9 Å². The average Bonchev–Trinajstić information content (AvgIpc) is 3.14. The number of hydrogen-bond acceptors (Lipinski definition) is 6. The molecule has 33 heavy (non-hydrogen) atoms. The highest BCUT2D eigenvalue weighted by Gasteiger charge is 2.17. The van der Waals surface area contributed by atoms with Gasteiger partial charge in [0.15, 0.2) is 0 Å². The van der Waals surface area contributed by atoms with Crippen molar-refractivity contribution in [3.63, 3.8) is 0 Å². The van der Waals surface area contributed by atoms with E-state index in [9.17, 15) is 13.2 Å². The van der Waals surface area contributed by atoms with Gasteiger partial charge < -0.3 is 9.47 Å². The Hall–Kier alpha value is -3.11. The van der Waals surface area contributed by atoms with E-state index in [4.69, 9.17) is 9.47 Å². The van der Waals surface area contributed by atoms with Crippen LogP contribution in [0.25, 0.3) is 0 Å². The molecule has 2 aromatic carbocycles. The van der Waals surface area contributed by atoms with Crippen molar-refractivity contribution in [1.82, 2.24) is 19.1 Å². The van der Waals surface area contributed by atoms with Gasteiger partial charge >= 0.3 is 5.69 Å². The summed E-state index contributed by atoms with van der Waals surface area (Å²) < 4.78 is 42.1. The molecule has 1 N–H and O–H groups in total. The van der Waals surface area contributed by atoms with Crippen molar-refractivity contribution in [3.8, 4) is 17.2 Å². The van der Waals surface area contributed by atoms with E-state index in [0.717, 1.165) is 30.8 Å². The molecule has 0 saturated carbocycles. The Morgan fingerprint density at radius 3 is 2.33 bits per heavy atom. The summed E-state index contributed by atoms with van der Waals surface area (Å²) in [5.74, 6) is 2.73. The number of benzene rings is 2. The second-order valence-corrected chi connectivity index (χ2v) is 9.53. The molecule has 0 bridgehead atoms. The van der Waals surface area contributed by atoms with Gasteiger partial charge in [0.05, 0.1) is 11.5 Å². The number of aromatic nitrogens is 3. The van der Waals surface area contributed by atoms with Crippen LogP contribution in [-0.2, 0) is 29.5 Å². The standard InChI is InChI=1S/C23H28N4O5S/c1-2-31-18-7-9-19(10-8-18)32-20-11-13-21(14-12-20)33(29,30)24-15-5-17-27-23(28)26-16-4-3-6-22(26)25-27/h7-14,24H,2-6,15-17H2,1H3. The largest absolute Gasteiger partial charge is 0.494 e. The minimum Gasteiger partial charge on any atom is -0.494 e. The van der Waals surface area contributed by atoms with Crippen LogP contribution in [0.4, 0.5) is 0 Å². The highest BCUT2D eigenvalue weighted by molar-refractivity contribution is 7.89. The zero-order valence-electron chi connectivity index (χ0n) is 18.6. The number of sulfonamides is 1. The highest BCUT2D eigenvalue weighted by atomic mass is 32.2. The number of fused-ring (bicyclic) bond motifs is 1. The lowest BCUT2D eigenvalue weighted by Crippen LogP contribution is -2.29. The number of rotatable bonds is 10. The van der Waals surface area contributed by atoms with Crippen LogP contribution in [0.3, 0.4) is 0 Å². The normalized spacial score (nSPS) is 13.5. The van der Waals surface area contributed by atoms with Gasteiger partial charge in [0.2, 0.25) is 10.0 Å². The van der Waals surface area contributed by atoms with Gasteiger partial charge in [0.25, 0.3) is 0 Å². The zero-order valence-corrected chi connectivity index (χ0v) is 19.4. The lowest BCUT2D eigenvalue weighted by molar-refractivity contribution is 0.339. The fourth-order valence-electron chi connectivity index (χ4n) is 3.71. The molecule has 2 heterocycles.